The Bertz CT molecular complexity index is 656. The fraction of sp³-hybridized carbons (Fsp3) is 0.0714. The van der Waals surface area contributed by atoms with Gasteiger partial charge in [-0.05, 0) is 36.8 Å². The second-order valence-corrected chi connectivity index (χ2v) is 4.52. The quantitative estimate of drug-likeness (QED) is 0.837. The summed E-state index contributed by atoms with van der Waals surface area (Å²) in [4.78, 5) is 11.8. The predicted octanol–water partition coefficient (Wildman–Crippen LogP) is 4.57. The van der Waals surface area contributed by atoms with E-state index in [1.165, 1.54) is 0 Å². The standard InChI is InChI=1S/C14H11ClF2N2O/c1-8-10(15)3-2-4-12(8)18-14(20)19-13-7-9(16)5-6-11(13)17/h2-7H,1H3,(H2,18,19,20). The molecular formula is C14H11ClF2N2O. The van der Waals surface area contributed by atoms with Gasteiger partial charge in [0.05, 0.1) is 5.69 Å². The summed E-state index contributed by atoms with van der Waals surface area (Å²) in [5.41, 5.74) is 0.943. The molecule has 2 N–H and O–H groups in total. The molecule has 0 aliphatic carbocycles. The first-order valence-electron chi connectivity index (χ1n) is 5.75. The van der Waals surface area contributed by atoms with Crippen molar-refractivity contribution in [1.82, 2.24) is 0 Å². The molecule has 0 saturated carbocycles. The van der Waals surface area contributed by atoms with Crippen molar-refractivity contribution in [3.63, 3.8) is 0 Å². The zero-order valence-electron chi connectivity index (χ0n) is 10.5. The van der Waals surface area contributed by atoms with Gasteiger partial charge in [-0.2, -0.15) is 0 Å². The number of benzene rings is 2. The first-order valence-corrected chi connectivity index (χ1v) is 6.13. The van der Waals surface area contributed by atoms with Crippen LogP contribution in [-0.4, -0.2) is 6.03 Å². The molecule has 0 aliphatic heterocycles. The molecule has 20 heavy (non-hydrogen) atoms. The van der Waals surface area contributed by atoms with Crippen molar-refractivity contribution in [1.29, 1.82) is 0 Å². The number of rotatable bonds is 2. The lowest BCUT2D eigenvalue weighted by atomic mass is 10.2. The van der Waals surface area contributed by atoms with Crippen LogP contribution in [0.5, 0.6) is 0 Å². The number of carbonyl (C=O) groups is 1. The van der Waals surface area contributed by atoms with Crippen LogP contribution in [0.4, 0.5) is 25.0 Å². The second kappa shape index (κ2) is 5.88. The maximum atomic E-state index is 13.4. The number of halogens is 3. The molecule has 0 unspecified atom stereocenters. The Morgan fingerprint density at radius 2 is 1.80 bits per heavy atom. The van der Waals surface area contributed by atoms with Crippen molar-refractivity contribution in [3.8, 4) is 0 Å². The number of hydrogen-bond donors (Lipinski definition) is 2. The van der Waals surface area contributed by atoms with E-state index in [4.69, 9.17) is 11.6 Å². The molecule has 0 aliphatic rings. The Labute approximate surface area is 119 Å². The van der Waals surface area contributed by atoms with Gasteiger partial charge in [0.25, 0.3) is 0 Å². The molecule has 2 rings (SSSR count). The third-order valence-electron chi connectivity index (χ3n) is 2.69. The fourth-order valence-corrected chi connectivity index (χ4v) is 1.79. The molecule has 0 fully saturated rings. The molecule has 0 saturated heterocycles. The Morgan fingerprint density at radius 1 is 1.10 bits per heavy atom. The summed E-state index contributed by atoms with van der Waals surface area (Å²) in [6.07, 6.45) is 0. The van der Waals surface area contributed by atoms with Crippen LogP contribution in [0.2, 0.25) is 5.02 Å². The fourth-order valence-electron chi connectivity index (χ4n) is 1.61. The van der Waals surface area contributed by atoms with Crippen LogP contribution in [0.15, 0.2) is 36.4 Å². The molecule has 2 amide bonds. The number of urea groups is 1. The van der Waals surface area contributed by atoms with Crippen molar-refractivity contribution in [2.45, 2.75) is 6.92 Å². The Balaban J connectivity index is 2.13. The maximum Gasteiger partial charge on any atom is 0.323 e. The largest absolute Gasteiger partial charge is 0.323 e. The molecule has 0 spiro atoms. The molecule has 0 bridgehead atoms. The van der Waals surface area contributed by atoms with Crippen molar-refractivity contribution in [3.05, 3.63) is 58.6 Å². The van der Waals surface area contributed by atoms with E-state index in [2.05, 4.69) is 10.6 Å². The SMILES string of the molecule is Cc1c(Cl)cccc1NC(=O)Nc1cc(F)ccc1F. The highest BCUT2D eigenvalue weighted by Crippen LogP contribution is 2.23. The average Bonchev–Trinajstić information content (AvgIpc) is 2.39. The van der Waals surface area contributed by atoms with Crippen LogP contribution in [0.1, 0.15) is 5.56 Å². The summed E-state index contributed by atoms with van der Waals surface area (Å²) in [6, 6.07) is 7.15. The van der Waals surface area contributed by atoms with E-state index in [0.717, 1.165) is 18.2 Å². The van der Waals surface area contributed by atoms with E-state index in [0.29, 0.717) is 16.3 Å². The van der Waals surface area contributed by atoms with E-state index < -0.39 is 17.7 Å². The summed E-state index contributed by atoms with van der Waals surface area (Å²) in [5, 5.41) is 5.26. The summed E-state index contributed by atoms with van der Waals surface area (Å²) < 4.78 is 26.4. The topological polar surface area (TPSA) is 41.1 Å². The maximum absolute atomic E-state index is 13.4. The molecule has 104 valence electrons. The molecule has 0 aromatic heterocycles. The number of carbonyl (C=O) groups excluding carboxylic acids is 1. The van der Waals surface area contributed by atoms with Gasteiger partial charge in [-0.3, -0.25) is 0 Å². The van der Waals surface area contributed by atoms with E-state index >= 15 is 0 Å². The Hall–Kier alpha value is -2.14. The predicted molar refractivity (Wildman–Crippen MR) is 75.2 cm³/mol. The van der Waals surface area contributed by atoms with E-state index in [9.17, 15) is 13.6 Å². The molecule has 0 atom stereocenters. The second-order valence-electron chi connectivity index (χ2n) is 4.12. The number of nitrogens with one attached hydrogen (secondary N) is 2. The van der Waals surface area contributed by atoms with Gasteiger partial charge in [0.15, 0.2) is 0 Å². The lowest BCUT2D eigenvalue weighted by Gasteiger charge is -2.11. The average molecular weight is 297 g/mol. The summed E-state index contributed by atoms with van der Waals surface area (Å²) in [7, 11) is 0. The summed E-state index contributed by atoms with van der Waals surface area (Å²) in [6.45, 7) is 1.74. The van der Waals surface area contributed by atoms with Crippen LogP contribution in [0.3, 0.4) is 0 Å². The zero-order valence-corrected chi connectivity index (χ0v) is 11.3. The molecule has 0 radical (unpaired) electrons. The molecule has 2 aromatic rings. The van der Waals surface area contributed by atoms with E-state index in [-0.39, 0.29) is 5.69 Å². The van der Waals surface area contributed by atoms with Gasteiger partial charge >= 0.3 is 6.03 Å². The highest BCUT2D eigenvalue weighted by Gasteiger charge is 2.10. The Kier molecular flexibility index (Phi) is 4.20. The minimum atomic E-state index is -0.718. The van der Waals surface area contributed by atoms with E-state index in [1.54, 1.807) is 25.1 Å². The van der Waals surface area contributed by atoms with Crippen molar-refractivity contribution >= 4 is 29.0 Å². The van der Waals surface area contributed by atoms with E-state index in [1.807, 2.05) is 0 Å². The van der Waals surface area contributed by atoms with Gasteiger partial charge in [-0.1, -0.05) is 17.7 Å². The Morgan fingerprint density at radius 3 is 2.55 bits per heavy atom. The minimum Gasteiger partial charge on any atom is -0.307 e. The van der Waals surface area contributed by atoms with Crippen molar-refractivity contribution in [2.24, 2.45) is 0 Å². The molecule has 3 nitrogen and oxygen atoms in total. The van der Waals surface area contributed by atoms with Crippen LogP contribution in [-0.2, 0) is 0 Å². The first-order chi connectivity index (χ1) is 9.47. The van der Waals surface area contributed by atoms with Crippen LogP contribution in [0, 0.1) is 18.6 Å². The number of hydrogen-bond acceptors (Lipinski definition) is 1. The zero-order chi connectivity index (χ0) is 14.7. The van der Waals surface area contributed by atoms with Gasteiger partial charge in [-0.25, -0.2) is 13.6 Å². The highest BCUT2D eigenvalue weighted by atomic mass is 35.5. The monoisotopic (exact) mass is 296 g/mol. The van der Waals surface area contributed by atoms with Gasteiger partial charge in [0.1, 0.15) is 11.6 Å². The summed E-state index contributed by atoms with van der Waals surface area (Å²) in [5.74, 6) is -1.36. The molecule has 6 heteroatoms. The summed E-state index contributed by atoms with van der Waals surface area (Å²) >= 11 is 5.92. The molecule has 0 heterocycles. The van der Waals surface area contributed by atoms with Crippen LogP contribution >= 0.6 is 11.6 Å². The first kappa shape index (κ1) is 14.3. The van der Waals surface area contributed by atoms with Crippen LogP contribution in [0.25, 0.3) is 0 Å². The molecular weight excluding hydrogens is 286 g/mol. The minimum absolute atomic E-state index is 0.234. The van der Waals surface area contributed by atoms with Gasteiger partial charge in [-0.15, -0.1) is 0 Å². The van der Waals surface area contributed by atoms with Gasteiger partial charge < -0.3 is 10.6 Å². The molecule has 2 aromatic carbocycles. The lowest BCUT2D eigenvalue weighted by Crippen LogP contribution is -2.20. The third kappa shape index (κ3) is 3.24. The lowest BCUT2D eigenvalue weighted by molar-refractivity contribution is 0.262. The van der Waals surface area contributed by atoms with Crippen molar-refractivity contribution < 1.29 is 13.6 Å². The van der Waals surface area contributed by atoms with Crippen LogP contribution < -0.4 is 10.6 Å². The van der Waals surface area contributed by atoms with Gasteiger partial charge in [0, 0.05) is 16.8 Å². The number of amides is 2. The third-order valence-corrected chi connectivity index (χ3v) is 3.10. The van der Waals surface area contributed by atoms with Crippen molar-refractivity contribution in [2.75, 3.05) is 10.6 Å². The van der Waals surface area contributed by atoms with Gasteiger partial charge in [0.2, 0.25) is 0 Å². The highest BCUT2D eigenvalue weighted by molar-refractivity contribution is 6.31. The smallest absolute Gasteiger partial charge is 0.307 e. The number of anilines is 2. The normalized spacial score (nSPS) is 10.2.